The van der Waals surface area contributed by atoms with Crippen molar-refractivity contribution in [3.8, 4) is 0 Å². The van der Waals surface area contributed by atoms with Gasteiger partial charge in [0.1, 0.15) is 6.04 Å². The number of likely N-dealkylation sites (tertiary alicyclic amines) is 1. The minimum atomic E-state index is -0.774. The van der Waals surface area contributed by atoms with Crippen molar-refractivity contribution in [2.75, 3.05) is 24.7 Å². The van der Waals surface area contributed by atoms with E-state index in [1.165, 1.54) is 0 Å². The molecule has 140 valence electrons. The van der Waals surface area contributed by atoms with Crippen molar-refractivity contribution in [2.45, 2.75) is 57.4 Å². The Morgan fingerprint density at radius 3 is 2.52 bits per heavy atom. The van der Waals surface area contributed by atoms with Crippen LogP contribution in [-0.4, -0.2) is 63.5 Å². The van der Waals surface area contributed by atoms with E-state index < -0.39 is 5.97 Å². The summed E-state index contributed by atoms with van der Waals surface area (Å²) in [4.78, 5) is 40.2. The van der Waals surface area contributed by atoms with Crippen LogP contribution in [0.5, 0.6) is 0 Å². The Kier molecular flexibility index (Phi) is 6.25. The fourth-order valence-corrected chi connectivity index (χ4v) is 5.47. The highest BCUT2D eigenvalue weighted by molar-refractivity contribution is 7.99. The molecule has 2 aliphatic heterocycles. The maximum Gasteiger partial charge on any atom is 0.303 e. The third-order valence-electron chi connectivity index (χ3n) is 5.75. The average molecular weight is 368 g/mol. The Bertz CT molecular complexity index is 521. The van der Waals surface area contributed by atoms with E-state index in [1.54, 1.807) is 11.8 Å². The lowest BCUT2D eigenvalue weighted by Crippen LogP contribution is -2.52. The van der Waals surface area contributed by atoms with Crippen LogP contribution in [0, 0.1) is 11.8 Å². The van der Waals surface area contributed by atoms with Gasteiger partial charge in [-0.2, -0.15) is 0 Å². The molecule has 2 unspecified atom stereocenters. The molecule has 1 N–H and O–H groups in total. The van der Waals surface area contributed by atoms with Crippen molar-refractivity contribution in [3.63, 3.8) is 0 Å². The predicted molar refractivity (Wildman–Crippen MR) is 96.1 cm³/mol. The number of carbonyl (C=O) groups is 3. The molecule has 0 aromatic rings. The quantitative estimate of drug-likeness (QED) is 0.805. The number of nitrogens with zero attached hydrogens (tertiary/aromatic N) is 2. The Morgan fingerprint density at radius 2 is 1.80 bits per heavy atom. The van der Waals surface area contributed by atoms with Gasteiger partial charge in [-0.1, -0.05) is 12.8 Å². The normalized spacial score (nSPS) is 27.7. The molecule has 0 aromatic heterocycles. The van der Waals surface area contributed by atoms with Gasteiger partial charge in [-0.25, -0.2) is 0 Å². The molecular formula is C18H28N2O4S. The van der Waals surface area contributed by atoms with Gasteiger partial charge in [-0.3, -0.25) is 14.4 Å². The highest BCUT2D eigenvalue weighted by Crippen LogP contribution is 2.32. The number of thioether (sulfide) groups is 1. The van der Waals surface area contributed by atoms with E-state index in [2.05, 4.69) is 0 Å². The predicted octanol–water partition coefficient (Wildman–Crippen LogP) is 2.18. The van der Waals surface area contributed by atoms with Crippen LogP contribution in [0.3, 0.4) is 0 Å². The molecule has 2 amide bonds. The summed E-state index contributed by atoms with van der Waals surface area (Å²) in [6, 6.07) is -0.323. The van der Waals surface area contributed by atoms with Crippen molar-refractivity contribution in [2.24, 2.45) is 11.8 Å². The second-order valence-electron chi connectivity index (χ2n) is 7.53. The monoisotopic (exact) mass is 368 g/mol. The summed E-state index contributed by atoms with van der Waals surface area (Å²) in [5.41, 5.74) is 0. The highest BCUT2D eigenvalue weighted by atomic mass is 32.2. The van der Waals surface area contributed by atoms with E-state index in [0.29, 0.717) is 24.6 Å². The van der Waals surface area contributed by atoms with Gasteiger partial charge in [0.25, 0.3) is 0 Å². The Labute approximate surface area is 153 Å². The third kappa shape index (κ3) is 4.49. The van der Waals surface area contributed by atoms with Crippen LogP contribution in [0.15, 0.2) is 0 Å². The van der Waals surface area contributed by atoms with Crippen LogP contribution in [0.4, 0.5) is 0 Å². The fourth-order valence-electron chi connectivity index (χ4n) is 4.31. The number of carboxylic acids is 1. The van der Waals surface area contributed by atoms with Crippen LogP contribution < -0.4 is 0 Å². The maximum absolute atomic E-state index is 13.0. The van der Waals surface area contributed by atoms with Crippen molar-refractivity contribution in [1.29, 1.82) is 0 Å². The van der Waals surface area contributed by atoms with Crippen LogP contribution in [0.2, 0.25) is 0 Å². The molecule has 3 aliphatic rings. The maximum atomic E-state index is 13.0. The topological polar surface area (TPSA) is 77.9 Å². The summed E-state index contributed by atoms with van der Waals surface area (Å²) in [6.45, 7) is 1.37. The SMILES string of the molecule is O=C(O)CCC1CCCN(C(=O)C2CSCN2C(=O)C2CCCC2)C1. The molecule has 1 saturated carbocycles. The lowest BCUT2D eigenvalue weighted by atomic mass is 9.93. The first-order chi connectivity index (χ1) is 12.1. The number of amides is 2. The van der Waals surface area contributed by atoms with Gasteiger partial charge in [0.05, 0.1) is 5.88 Å². The summed E-state index contributed by atoms with van der Waals surface area (Å²) in [6.07, 6.45) is 6.86. The highest BCUT2D eigenvalue weighted by Gasteiger charge is 2.40. The average Bonchev–Trinajstić information content (AvgIpc) is 3.30. The second-order valence-corrected chi connectivity index (χ2v) is 8.53. The molecule has 2 atom stereocenters. The van der Waals surface area contributed by atoms with Gasteiger partial charge >= 0.3 is 5.97 Å². The summed E-state index contributed by atoms with van der Waals surface area (Å²) < 4.78 is 0. The first-order valence-corrected chi connectivity index (χ1v) is 10.6. The molecule has 0 aromatic carbocycles. The number of carboxylic acid groups (broad SMARTS) is 1. The van der Waals surface area contributed by atoms with Crippen LogP contribution in [-0.2, 0) is 14.4 Å². The van der Waals surface area contributed by atoms with Crippen molar-refractivity contribution in [1.82, 2.24) is 9.80 Å². The van der Waals surface area contributed by atoms with Gasteiger partial charge in [-0.05, 0) is 38.0 Å². The molecule has 6 nitrogen and oxygen atoms in total. The number of aliphatic carboxylic acids is 1. The first kappa shape index (κ1) is 18.5. The fraction of sp³-hybridized carbons (Fsp3) is 0.833. The number of piperidine rings is 1. The van der Waals surface area contributed by atoms with E-state index in [-0.39, 0.29) is 36.1 Å². The molecule has 3 rings (SSSR count). The number of hydrogen-bond donors (Lipinski definition) is 1. The summed E-state index contributed by atoms with van der Waals surface area (Å²) in [5, 5.41) is 8.86. The molecule has 0 radical (unpaired) electrons. The lowest BCUT2D eigenvalue weighted by Gasteiger charge is -2.36. The molecule has 25 heavy (non-hydrogen) atoms. The van der Waals surface area contributed by atoms with E-state index in [4.69, 9.17) is 5.11 Å². The molecule has 3 fully saturated rings. The van der Waals surface area contributed by atoms with Gasteiger partial charge in [0, 0.05) is 31.2 Å². The van der Waals surface area contributed by atoms with E-state index >= 15 is 0 Å². The van der Waals surface area contributed by atoms with Crippen LogP contribution in [0.25, 0.3) is 0 Å². The van der Waals surface area contributed by atoms with Crippen molar-refractivity contribution >= 4 is 29.5 Å². The molecule has 2 saturated heterocycles. The molecule has 1 aliphatic carbocycles. The van der Waals surface area contributed by atoms with E-state index in [9.17, 15) is 14.4 Å². The van der Waals surface area contributed by atoms with Crippen molar-refractivity contribution in [3.05, 3.63) is 0 Å². The zero-order valence-corrected chi connectivity index (χ0v) is 15.5. The van der Waals surface area contributed by atoms with Gasteiger partial charge in [-0.15, -0.1) is 11.8 Å². The molecule has 7 heteroatoms. The number of hydrogen-bond acceptors (Lipinski definition) is 4. The second kappa shape index (κ2) is 8.43. The van der Waals surface area contributed by atoms with Crippen LogP contribution in [0.1, 0.15) is 51.4 Å². The van der Waals surface area contributed by atoms with E-state index in [1.807, 2.05) is 9.80 Å². The molecule has 0 spiro atoms. The van der Waals surface area contributed by atoms with Crippen molar-refractivity contribution < 1.29 is 19.5 Å². The third-order valence-corrected chi connectivity index (χ3v) is 6.76. The van der Waals surface area contributed by atoms with Gasteiger partial charge < -0.3 is 14.9 Å². The first-order valence-electron chi connectivity index (χ1n) is 9.45. The summed E-state index contributed by atoms with van der Waals surface area (Å²) in [5.74, 6) is 1.15. The molecule has 0 bridgehead atoms. The number of carbonyl (C=O) groups excluding carboxylic acids is 2. The zero-order valence-electron chi connectivity index (χ0n) is 14.7. The smallest absolute Gasteiger partial charge is 0.303 e. The Morgan fingerprint density at radius 1 is 1.04 bits per heavy atom. The van der Waals surface area contributed by atoms with Crippen LogP contribution >= 0.6 is 11.8 Å². The standard InChI is InChI=1S/C18H28N2O4S/c21-16(22)8-7-13-4-3-9-19(10-13)18(24)15-11-25-12-20(15)17(23)14-5-1-2-6-14/h13-15H,1-12H2,(H,21,22). The Hall–Kier alpha value is -1.24. The van der Waals surface area contributed by atoms with Gasteiger partial charge in [0.15, 0.2) is 0 Å². The number of rotatable bonds is 5. The summed E-state index contributed by atoms with van der Waals surface area (Å²) in [7, 11) is 0. The molecule has 2 heterocycles. The Balaban J connectivity index is 1.58. The summed E-state index contributed by atoms with van der Waals surface area (Å²) >= 11 is 1.66. The van der Waals surface area contributed by atoms with Gasteiger partial charge in [0.2, 0.25) is 11.8 Å². The largest absolute Gasteiger partial charge is 0.481 e. The minimum Gasteiger partial charge on any atom is -0.481 e. The zero-order chi connectivity index (χ0) is 17.8. The minimum absolute atomic E-state index is 0.0661. The lowest BCUT2D eigenvalue weighted by molar-refractivity contribution is -0.146. The molecular weight excluding hydrogens is 340 g/mol. The van der Waals surface area contributed by atoms with E-state index in [0.717, 1.165) is 45.1 Å².